The second kappa shape index (κ2) is 8.89. The molecule has 0 aliphatic carbocycles. The Morgan fingerprint density at radius 1 is 1.16 bits per heavy atom. The van der Waals surface area contributed by atoms with Crippen molar-refractivity contribution in [2.45, 2.75) is 35.9 Å². The molecule has 2 aromatic rings. The number of hydrogen-bond donors (Lipinski definition) is 4. The number of phenolic OH excluding ortho intramolecular Hbond substituents is 1. The van der Waals surface area contributed by atoms with Gasteiger partial charge < -0.3 is 26.0 Å². The van der Waals surface area contributed by atoms with Crippen LogP contribution in [0.4, 0.5) is 10.5 Å². The van der Waals surface area contributed by atoms with Crippen LogP contribution in [0.1, 0.15) is 12.0 Å². The average Bonchev–Trinajstić information content (AvgIpc) is 3.18. The fraction of sp³-hybridized carbons (Fsp3) is 0.318. The molecule has 2 aromatic carbocycles. The molecule has 2 heterocycles. The standard InChI is InChI=1S/C22H24N4O4S/c1-31-17-8-4-14(5-9-17)23-22(30)24-15-11-19-20(28)25-18(21(29)26(19)12-15)10-13-2-6-16(27)7-3-13/h2-9,15,18-19,27H,10-12H2,1H3,(H,25,28)(H2,23,24,30)/t15-,18+,19-/m0/s1. The van der Waals surface area contributed by atoms with E-state index in [1.807, 2.05) is 30.5 Å². The Kier molecular flexibility index (Phi) is 6.03. The van der Waals surface area contributed by atoms with Gasteiger partial charge in [0.2, 0.25) is 11.8 Å². The molecular formula is C22H24N4O4S. The summed E-state index contributed by atoms with van der Waals surface area (Å²) >= 11 is 1.62. The summed E-state index contributed by atoms with van der Waals surface area (Å²) in [7, 11) is 0. The molecule has 2 saturated heterocycles. The summed E-state index contributed by atoms with van der Waals surface area (Å²) in [6.07, 6.45) is 2.71. The number of amides is 4. The molecule has 3 atom stereocenters. The Hall–Kier alpha value is -3.20. The first-order chi connectivity index (χ1) is 14.9. The number of carbonyl (C=O) groups excluding carboxylic acids is 3. The van der Waals surface area contributed by atoms with Crippen LogP contribution in [0.3, 0.4) is 0 Å². The number of nitrogens with one attached hydrogen (secondary N) is 3. The van der Waals surface area contributed by atoms with E-state index in [1.165, 1.54) is 0 Å². The summed E-state index contributed by atoms with van der Waals surface area (Å²) in [6.45, 7) is 0.293. The Labute approximate surface area is 184 Å². The van der Waals surface area contributed by atoms with Gasteiger partial charge in [-0.3, -0.25) is 9.59 Å². The number of thioether (sulfide) groups is 1. The molecule has 4 N–H and O–H groups in total. The number of hydrogen-bond acceptors (Lipinski definition) is 5. The molecule has 9 heteroatoms. The van der Waals surface area contributed by atoms with E-state index in [4.69, 9.17) is 0 Å². The highest BCUT2D eigenvalue weighted by Crippen LogP contribution is 2.24. The second-order valence-corrected chi connectivity index (χ2v) is 8.58. The number of fused-ring (bicyclic) bond motifs is 1. The number of urea groups is 1. The third-order valence-electron chi connectivity index (χ3n) is 5.56. The number of benzene rings is 2. The summed E-state index contributed by atoms with van der Waals surface area (Å²) in [5, 5.41) is 17.9. The fourth-order valence-corrected chi connectivity index (χ4v) is 4.40. The average molecular weight is 441 g/mol. The van der Waals surface area contributed by atoms with Gasteiger partial charge in [-0.1, -0.05) is 12.1 Å². The second-order valence-electron chi connectivity index (χ2n) is 7.70. The van der Waals surface area contributed by atoms with Crippen molar-refractivity contribution in [1.82, 2.24) is 15.5 Å². The SMILES string of the molecule is CSc1ccc(NC(=O)N[C@H]2C[C@H]3C(=O)N[C@H](Cc4ccc(O)cc4)C(=O)N3C2)cc1. The van der Waals surface area contributed by atoms with Crippen molar-refractivity contribution >= 4 is 35.3 Å². The molecule has 0 bridgehead atoms. The maximum absolute atomic E-state index is 12.9. The van der Waals surface area contributed by atoms with Crippen LogP contribution in [-0.4, -0.2) is 58.8 Å². The van der Waals surface area contributed by atoms with E-state index >= 15 is 0 Å². The van der Waals surface area contributed by atoms with Gasteiger partial charge in [0.1, 0.15) is 17.8 Å². The van der Waals surface area contributed by atoms with Gasteiger partial charge in [-0.05, 0) is 54.6 Å². The summed E-state index contributed by atoms with van der Waals surface area (Å²) in [5.74, 6) is -0.217. The molecular weight excluding hydrogens is 416 g/mol. The lowest BCUT2D eigenvalue weighted by atomic mass is 10.0. The third kappa shape index (κ3) is 4.77. The normalized spacial score (nSPS) is 22.6. The van der Waals surface area contributed by atoms with E-state index in [-0.39, 0.29) is 29.6 Å². The Balaban J connectivity index is 1.35. The van der Waals surface area contributed by atoms with Gasteiger partial charge in [-0.15, -0.1) is 11.8 Å². The number of piperazine rings is 1. The highest BCUT2D eigenvalue weighted by molar-refractivity contribution is 7.98. The Morgan fingerprint density at radius 2 is 1.87 bits per heavy atom. The fourth-order valence-electron chi connectivity index (χ4n) is 4.00. The van der Waals surface area contributed by atoms with Gasteiger partial charge in [-0.2, -0.15) is 0 Å². The van der Waals surface area contributed by atoms with Crippen molar-refractivity contribution in [2.24, 2.45) is 0 Å². The zero-order chi connectivity index (χ0) is 22.0. The topological polar surface area (TPSA) is 111 Å². The van der Waals surface area contributed by atoms with Crippen LogP contribution in [-0.2, 0) is 16.0 Å². The first kappa shape index (κ1) is 21.0. The van der Waals surface area contributed by atoms with Crippen molar-refractivity contribution in [3.05, 3.63) is 54.1 Å². The lowest BCUT2D eigenvalue weighted by Gasteiger charge is -2.34. The number of phenols is 1. The minimum Gasteiger partial charge on any atom is -0.508 e. The minimum absolute atomic E-state index is 0.148. The van der Waals surface area contributed by atoms with E-state index in [9.17, 15) is 19.5 Å². The maximum Gasteiger partial charge on any atom is 0.319 e. The molecule has 2 aliphatic rings. The van der Waals surface area contributed by atoms with Crippen molar-refractivity contribution in [1.29, 1.82) is 0 Å². The highest BCUT2D eigenvalue weighted by atomic mass is 32.2. The first-order valence-electron chi connectivity index (χ1n) is 10.0. The van der Waals surface area contributed by atoms with E-state index < -0.39 is 12.1 Å². The zero-order valence-corrected chi connectivity index (χ0v) is 17.8. The lowest BCUT2D eigenvalue weighted by molar-refractivity contribution is -0.147. The first-order valence-corrected chi connectivity index (χ1v) is 11.3. The van der Waals surface area contributed by atoms with Gasteiger partial charge >= 0.3 is 6.03 Å². The molecule has 2 aliphatic heterocycles. The van der Waals surface area contributed by atoms with Gasteiger partial charge in [0.15, 0.2) is 0 Å². The maximum atomic E-state index is 12.9. The minimum atomic E-state index is -0.657. The Bertz CT molecular complexity index is 980. The molecule has 0 spiro atoms. The predicted octanol–water partition coefficient (Wildman–Crippen LogP) is 1.95. The van der Waals surface area contributed by atoms with Crippen molar-refractivity contribution in [3.63, 3.8) is 0 Å². The van der Waals surface area contributed by atoms with E-state index in [0.717, 1.165) is 10.5 Å². The van der Waals surface area contributed by atoms with Crippen LogP contribution in [0.5, 0.6) is 5.75 Å². The molecule has 8 nitrogen and oxygen atoms in total. The lowest BCUT2D eigenvalue weighted by Crippen LogP contribution is -2.61. The number of nitrogens with zero attached hydrogens (tertiary/aromatic N) is 1. The Morgan fingerprint density at radius 3 is 2.55 bits per heavy atom. The van der Waals surface area contributed by atoms with Gasteiger partial charge in [0.05, 0.1) is 6.04 Å². The van der Waals surface area contributed by atoms with E-state index in [2.05, 4.69) is 16.0 Å². The number of carbonyl (C=O) groups is 3. The molecule has 31 heavy (non-hydrogen) atoms. The molecule has 2 fully saturated rings. The third-order valence-corrected chi connectivity index (χ3v) is 6.30. The molecule has 0 saturated carbocycles. The van der Waals surface area contributed by atoms with Crippen LogP contribution in [0.25, 0.3) is 0 Å². The smallest absolute Gasteiger partial charge is 0.319 e. The van der Waals surface area contributed by atoms with Crippen LogP contribution in [0, 0.1) is 0 Å². The van der Waals surface area contributed by atoms with Gasteiger partial charge in [0.25, 0.3) is 0 Å². The number of anilines is 1. The van der Waals surface area contributed by atoms with E-state index in [0.29, 0.717) is 25.1 Å². The van der Waals surface area contributed by atoms with Crippen LogP contribution in [0.15, 0.2) is 53.4 Å². The van der Waals surface area contributed by atoms with Gasteiger partial charge in [-0.25, -0.2) is 4.79 Å². The van der Waals surface area contributed by atoms with Crippen molar-refractivity contribution in [3.8, 4) is 5.75 Å². The number of rotatable bonds is 5. The largest absolute Gasteiger partial charge is 0.508 e. The van der Waals surface area contributed by atoms with E-state index in [1.54, 1.807) is 40.9 Å². The summed E-state index contributed by atoms with van der Waals surface area (Å²) < 4.78 is 0. The molecule has 0 unspecified atom stereocenters. The van der Waals surface area contributed by atoms with Crippen LogP contribution >= 0.6 is 11.8 Å². The zero-order valence-electron chi connectivity index (χ0n) is 17.0. The number of aromatic hydroxyl groups is 1. The van der Waals surface area contributed by atoms with Crippen LogP contribution < -0.4 is 16.0 Å². The monoisotopic (exact) mass is 440 g/mol. The van der Waals surface area contributed by atoms with Crippen molar-refractivity contribution < 1.29 is 19.5 Å². The molecule has 4 rings (SSSR count). The van der Waals surface area contributed by atoms with Gasteiger partial charge in [0, 0.05) is 23.5 Å². The summed E-state index contributed by atoms with van der Waals surface area (Å²) in [6, 6.07) is 12.2. The molecule has 4 amide bonds. The quantitative estimate of drug-likeness (QED) is 0.531. The van der Waals surface area contributed by atoms with Crippen molar-refractivity contribution in [2.75, 3.05) is 18.1 Å². The predicted molar refractivity (Wildman–Crippen MR) is 118 cm³/mol. The highest BCUT2D eigenvalue weighted by Gasteiger charge is 2.46. The molecule has 0 radical (unpaired) electrons. The summed E-state index contributed by atoms with van der Waals surface area (Å²) in [5.41, 5.74) is 1.52. The molecule has 162 valence electrons. The molecule has 0 aromatic heterocycles. The summed E-state index contributed by atoms with van der Waals surface area (Å²) in [4.78, 5) is 40.6. The van der Waals surface area contributed by atoms with Crippen LogP contribution in [0.2, 0.25) is 0 Å².